The minimum Gasteiger partial charge on any atom is -0.486 e. The summed E-state index contributed by atoms with van der Waals surface area (Å²) in [6.07, 6.45) is 1.71. The highest BCUT2D eigenvalue weighted by atomic mass is 32.2. The molecule has 0 unspecified atom stereocenters. The van der Waals surface area contributed by atoms with E-state index >= 15 is 0 Å². The number of hydrogen-bond acceptors (Lipinski definition) is 8. The Morgan fingerprint density at radius 2 is 1.61 bits per heavy atom. The van der Waals surface area contributed by atoms with Crippen LogP contribution in [0.15, 0.2) is 59.6 Å². The molecule has 0 saturated carbocycles. The van der Waals surface area contributed by atoms with Crippen LogP contribution < -0.4 is 14.4 Å². The van der Waals surface area contributed by atoms with Gasteiger partial charge in [-0.2, -0.15) is 4.31 Å². The molecule has 2 aromatic heterocycles. The molecule has 31 heavy (non-hydrogen) atoms. The van der Waals surface area contributed by atoms with Crippen molar-refractivity contribution in [3.63, 3.8) is 0 Å². The van der Waals surface area contributed by atoms with E-state index in [9.17, 15) is 8.42 Å². The van der Waals surface area contributed by atoms with Crippen molar-refractivity contribution >= 4 is 15.8 Å². The third kappa shape index (κ3) is 3.91. The smallest absolute Gasteiger partial charge is 0.243 e. The van der Waals surface area contributed by atoms with Crippen molar-refractivity contribution in [2.75, 3.05) is 44.3 Å². The third-order valence-electron chi connectivity index (χ3n) is 5.29. The molecule has 2 aliphatic heterocycles. The average molecular weight is 439 g/mol. The summed E-state index contributed by atoms with van der Waals surface area (Å²) < 4.78 is 38.7. The number of ether oxygens (including phenoxy) is 2. The number of piperazine rings is 1. The molecule has 1 aromatic carbocycles. The molecule has 0 N–H and O–H groups in total. The Balaban J connectivity index is 1.27. The van der Waals surface area contributed by atoms with Gasteiger partial charge < -0.3 is 14.4 Å². The Labute approximate surface area is 180 Å². The van der Waals surface area contributed by atoms with Gasteiger partial charge in [0.25, 0.3) is 0 Å². The Hall–Kier alpha value is -3.24. The first-order valence-electron chi connectivity index (χ1n) is 10.0. The zero-order valence-corrected chi connectivity index (χ0v) is 17.5. The van der Waals surface area contributed by atoms with Crippen LogP contribution in [0.25, 0.3) is 11.4 Å². The first kappa shape index (κ1) is 19.7. The van der Waals surface area contributed by atoms with E-state index in [4.69, 9.17) is 9.47 Å². The molecular formula is C21H21N5O4S. The lowest BCUT2D eigenvalue weighted by Crippen LogP contribution is -2.49. The van der Waals surface area contributed by atoms with Crippen LogP contribution in [0.2, 0.25) is 0 Å². The van der Waals surface area contributed by atoms with Crippen molar-refractivity contribution in [3.8, 4) is 22.9 Å². The summed E-state index contributed by atoms with van der Waals surface area (Å²) in [5, 5.41) is 8.58. The van der Waals surface area contributed by atoms with Gasteiger partial charge in [0, 0.05) is 38.4 Å². The van der Waals surface area contributed by atoms with Crippen molar-refractivity contribution in [1.29, 1.82) is 0 Å². The van der Waals surface area contributed by atoms with Gasteiger partial charge in [-0.1, -0.05) is 6.07 Å². The van der Waals surface area contributed by atoms with Gasteiger partial charge in [0.15, 0.2) is 17.3 Å². The molecule has 4 heterocycles. The fourth-order valence-corrected chi connectivity index (χ4v) is 5.07. The molecule has 0 amide bonds. The highest BCUT2D eigenvalue weighted by Gasteiger charge is 2.30. The molecule has 0 radical (unpaired) electrons. The lowest BCUT2D eigenvalue weighted by atomic mass is 10.2. The summed E-state index contributed by atoms with van der Waals surface area (Å²) in [6.45, 7) is 2.66. The van der Waals surface area contributed by atoms with Gasteiger partial charge in [-0.15, -0.1) is 10.2 Å². The second kappa shape index (κ2) is 8.12. The highest BCUT2D eigenvalue weighted by molar-refractivity contribution is 7.89. The van der Waals surface area contributed by atoms with E-state index in [0.29, 0.717) is 56.6 Å². The zero-order valence-electron chi connectivity index (χ0n) is 16.7. The molecule has 0 spiro atoms. The minimum absolute atomic E-state index is 0.213. The van der Waals surface area contributed by atoms with Gasteiger partial charge in [-0.05, 0) is 36.4 Å². The molecule has 1 fully saturated rings. The topological polar surface area (TPSA) is 97.8 Å². The van der Waals surface area contributed by atoms with E-state index < -0.39 is 10.0 Å². The Bertz CT molecular complexity index is 1160. The number of benzene rings is 1. The number of aromatic nitrogens is 3. The number of anilines is 1. The van der Waals surface area contributed by atoms with Crippen LogP contribution in [0.4, 0.5) is 5.82 Å². The van der Waals surface area contributed by atoms with Crippen LogP contribution in [-0.4, -0.2) is 67.3 Å². The molecular weight excluding hydrogens is 418 g/mol. The predicted octanol–water partition coefficient (Wildman–Crippen LogP) is 1.82. The summed E-state index contributed by atoms with van der Waals surface area (Å²) in [7, 11) is -3.62. The Kier molecular flexibility index (Phi) is 5.16. The first-order chi connectivity index (χ1) is 15.1. The molecule has 1 saturated heterocycles. The molecule has 0 atom stereocenters. The van der Waals surface area contributed by atoms with Crippen LogP contribution in [0.1, 0.15) is 0 Å². The van der Waals surface area contributed by atoms with Gasteiger partial charge in [-0.25, -0.2) is 8.42 Å². The van der Waals surface area contributed by atoms with Crippen molar-refractivity contribution in [1.82, 2.24) is 19.5 Å². The highest BCUT2D eigenvalue weighted by Crippen LogP contribution is 2.33. The lowest BCUT2D eigenvalue weighted by Gasteiger charge is -2.34. The van der Waals surface area contributed by atoms with Crippen LogP contribution >= 0.6 is 0 Å². The van der Waals surface area contributed by atoms with Crippen molar-refractivity contribution in [3.05, 3.63) is 54.7 Å². The number of sulfonamides is 1. The number of fused-ring (bicyclic) bond motifs is 1. The van der Waals surface area contributed by atoms with Crippen molar-refractivity contribution in [2.45, 2.75) is 4.90 Å². The Morgan fingerprint density at radius 1 is 0.806 bits per heavy atom. The maximum absolute atomic E-state index is 13.1. The van der Waals surface area contributed by atoms with Gasteiger partial charge >= 0.3 is 0 Å². The quantitative estimate of drug-likeness (QED) is 0.607. The predicted molar refractivity (Wildman–Crippen MR) is 114 cm³/mol. The Morgan fingerprint density at radius 3 is 2.32 bits per heavy atom. The fourth-order valence-electron chi connectivity index (χ4n) is 3.64. The molecule has 0 bridgehead atoms. The van der Waals surface area contributed by atoms with E-state index in [0.717, 1.165) is 11.5 Å². The monoisotopic (exact) mass is 439 g/mol. The molecule has 9 nitrogen and oxygen atoms in total. The fraction of sp³-hybridized carbons (Fsp3) is 0.286. The minimum atomic E-state index is -3.62. The van der Waals surface area contributed by atoms with Gasteiger partial charge in [0.1, 0.15) is 18.9 Å². The summed E-state index contributed by atoms with van der Waals surface area (Å²) >= 11 is 0. The SMILES string of the molecule is O=S(=O)(c1ccc2c(c1)OCCO2)N1CCN(c2ccc(-c3ccccn3)nn2)CC1. The summed E-state index contributed by atoms with van der Waals surface area (Å²) in [5.74, 6) is 1.76. The summed E-state index contributed by atoms with van der Waals surface area (Å²) in [6, 6.07) is 14.2. The van der Waals surface area contributed by atoms with Crippen LogP contribution in [0.5, 0.6) is 11.5 Å². The van der Waals surface area contributed by atoms with Crippen molar-refractivity contribution in [2.24, 2.45) is 0 Å². The molecule has 5 rings (SSSR count). The van der Waals surface area contributed by atoms with Gasteiger partial charge in [0.2, 0.25) is 10.0 Å². The zero-order chi connectivity index (χ0) is 21.3. The number of nitrogens with zero attached hydrogens (tertiary/aromatic N) is 5. The van der Waals surface area contributed by atoms with Crippen LogP contribution in [-0.2, 0) is 10.0 Å². The lowest BCUT2D eigenvalue weighted by molar-refractivity contribution is 0.171. The molecule has 0 aliphatic carbocycles. The number of pyridine rings is 1. The molecule has 160 valence electrons. The second-order valence-corrected chi connectivity index (χ2v) is 9.13. The molecule has 2 aliphatic rings. The largest absolute Gasteiger partial charge is 0.486 e. The van der Waals surface area contributed by atoms with E-state index in [1.54, 1.807) is 18.3 Å². The standard InChI is InChI=1S/C21H21N5O4S/c27-31(28,16-4-6-19-20(15-16)30-14-13-29-19)26-11-9-25(10-12-26)21-7-5-18(23-24-21)17-3-1-2-8-22-17/h1-8,15H,9-14H2. The second-order valence-electron chi connectivity index (χ2n) is 7.19. The van der Waals surface area contributed by atoms with E-state index in [1.807, 2.05) is 35.2 Å². The van der Waals surface area contributed by atoms with Crippen LogP contribution in [0, 0.1) is 0 Å². The third-order valence-corrected chi connectivity index (χ3v) is 7.19. The maximum Gasteiger partial charge on any atom is 0.243 e. The number of rotatable bonds is 4. The summed E-state index contributed by atoms with van der Waals surface area (Å²) in [5.41, 5.74) is 1.46. The van der Waals surface area contributed by atoms with E-state index in [-0.39, 0.29) is 4.90 Å². The van der Waals surface area contributed by atoms with Gasteiger partial charge in [0.05, 0.1) is 10.6 Å². The van der Waals surface area contributed by atoms with Crippen molar-refractivity contribution < 1.29 is 17.9 Å². The average Bonchev–Trinajstić information content (AvgIpc) is 2.84. The van der Waals surface area contributed by atoms with E-state index in [1.165, 1.54) is 10.4 Å². The first-order valence-corrected chi connectivity index (χ1v) is 11.5. The van der Waals surface area contributed by atoms with Crippen LogP contribution in [0.3, 0.4) is 0 Å². The summed E-state index contributed by atoms with van der Waals surface area (Å²) in [4.78, 5) is 6.52. The van der Waals surface area contributed by atoms with Gasteiger partial charge in [-0.3, -0.25) is 4.98 Å². The maximum atomic E-state index is 13.1. The molecule has 10 heteroatoms. The molecule has 3 aromatic rings. The number of hydrogen-bond donors (Lipinski definition) is 0. The normalized spacial score (nSPS) is 16.8. The van der Waals surface area contributed by atoms with E-state index in [2.05, 4.69) is 15.2 Å².